The Morgan fingerprint density at radius 2 is 2.14 bits per heavy atom. The molecule has 2 aromatic rings. The molecule has 0 amide bonds. The summed E-state index contributed by atoms with van der Waals surface area (Å²) >= 11 is 1.27. The summed E-state index contributed by atoms with van der Waals surface area (Å²) in [5.74, 6) is -0.141. The fourth-order valence-electron chi connectivity index (χ4n) is 1.72. The predicted octanol–water partition coefficient (Wildman–Crippen LogP) is 3.51. The molecule has 0 fully saturated rings. The molecule has 0 bridgehead atoms. The monoisotopic (exact) mass is 305 g/mol. The molecule has 0 unspecified atom stereocenters. The molecule has 21 heavy (non-hydrogen) atoms. The second-order valence-corrected chi connectivity index (χ2v) is 6.75. The molecule has 0 aromatic carbocycles. The number of thiophene rings is 1. The molecule has 0 saturated heterocycles. The molecule has 0 aliphatic rings. The normalized spacial score (nSPS) is 12.2. The number of nitrogens with two attached hydrogens (primary N) is 1. The largest absolute Gasteiger partial charge is 0.462 e. The Labute approximate surface area is 127 Å². The van der Waals surface area contributed by atoms with Crippen LogP contribution in [0.5, 0.6) is 0 Å². The second kappa shape index (κ2) is 5.81. The van der Waals surface area contributed by atoms with E-state index in [9.17, 15) is 4.79 Å². The molecule has 2 N–H and O–H groups in total. The highest BCUT2D eigenvalue weighted by Crippen LogP contribution is 2.29. The van der Waals surface area contributed by atoms with Crippen LogP contribution in [-0.2, 0) is 4.74 Å². The van der Waals surface area contributed by atoms with Gasteiger partial charge in [0.2, 0.25) is 5.95 Å². The minimum Gasteiger partial charge on any atom is -0.462 e. The van der Waals surface area contributed by atoms with Crippen LogP contribution >= 0.6 is 11.3 Å². The van der Waals surface area contributed by atoms with Gasteiger partial charge in [-0.15, -0.1) is 11.3 Å². The summed E-state index contributed by atoms with van der Waals surface area (Å²) in [5.41, 5.74) is 6.50. The highest BCUT2D eigenvalue weighted by Gasteiger charge is 2.15. The number of hydrogen-bond donors (Lipinski definition) is 1. The van der Waals surface area contributed by atoms with E-state index in [4.69, 9.17) is 10.5 Å². The summed E-state index contributed by atoms with van der Waals surface area (Å²) in [4.78, 5) is 21.5. The van der Waals surface area contributed by atoms with Crippen LogP contribution in [0.3, 0.4) is 0 Å². The Kier molecular flexibility index (Phi) is 4.27. The molecule has 6 heteroatoms. The molecule has 112 valence electrons. The Bertz CT molecular complexity index is 699. The summed E-state index contributed by atoms with van der Waals surface area (Å²) in [6, 6.07) is 1.76. The van der Waals surface area contributed by atoms with E-state index in [1.54, 1.807) is 13.0 Å². The third-order valence-corrected chi connectivity index (χ3v) is 3.67. The van der Waals surface area contributed by atoms with Crippen molar-refractivity contribution in [3.05, 3.63) is 22.7 Å². The van der Waals surface area contributed by atoms with Gasteiger partial charge in [-0.2, -0.15) is 0 Å². The zero-order valence-corrected chi connectivity index (χ0v) is 13.5. The maximum absolute atomic E-state index is 11.8. The first-order valence-electron chi connectivity index (χ1n) is 6.73. The van der Waals surface area contributed by atoms with Gasteiger partial charge in [0.15, 0.2) is 0 Å². The van der Waals surface area contributed by atoms with Crippen molar-refractivity contribution in [2.24, 2.45) is 5.41 Å². The van der Waals surface area contributed by atoms with Crippen molar-refractivity contribution in [2.45, 2.75) is 27.7 Å². The molecule has 5 nitrogen and oxygen atoms in total. The number of aromatic nitrogens is 2. The first kappa shape index (κ1) is 15.4. The number of allylic oxidation sites excluding steroid dienone is 1. The van der Waals surface area contributed by atoms with Crippen LogP contribution in [0.1, 0.15) is 43.1 Å². The Morgan fingerprint density at radius 1 is 1.43 bits per heavy atom. The van der Waals surface area contributed by atoms with Gasteiger partial charge < -0.3 is 10.5 Å². The summed E-state index contributed by atoms with van der Waals surface area (Å²) in [7, 11) is 0. The average Bonchev–Trinajstić information content (AvgIpc) is 2.79. The van der Waals surface area contributed by atoms with Crippen LogP contribution in [0.2, 0.25) is 0 Å². The molecule has 2 heterocycles. The van der Waals surface area contributed by atoms with Gasteiger partial charge >= 0.3 is 5.97 Å². The highest BCUT2D eigenvalue weighted by atomic mass is 32.1. The minimum absolute atomic E-state index is 0.0338. The smallest absolute Gasteiger partial charge is 0.348 e. The average molecular weight is 305 g/mol. The van der Waals surface area contributed by atoms with Gasteiger partial charge in [-0.05, 0) is 24.5 Å². The SMILES string of the molecule is CCOC(=O)c1cc2c(C=CC(C)(C)C)nc(N)nc2s1. The summed E-state index contributed by atoms with van der Waals surface area (Å²) in [6.07, 6.45) is 3.97. The molecule has 0 saturated carbocycles. The molecular formula is C15H19N3O2S. The zero-order valence-electron chi connectivity index (χ0n) is 12.6. The van der Waals surface area contributed by atoms with Crippen LogP contribution < -0.4 is 5.73 Å². The molecule has 2 aromatic heterocycles. The van der Waals surface area contributed by atoms with E-state index >= 15 is 0 Å². The first-order chi connectivity index (χ1) is 9.80. The van der Waals surface area contributed by atoms with Crippen molar-refractivity contribution in [3.8, 4) is 0 Å². The van der Waals surface area contributed by atoms with Crippen LogP contribution in [0, 0.1) is 5.41 Å². The number of carbonyl (C=O) groups is 1. The van der Waals surface area contributed by atoms with Crippen molar-refractivity contribution < 1.29 is 9.53 Å². The predicted molar refractivity (Wildman–Crippen MR) is 86.3 cm³/mol. The van der Waals surface area contributed by atoms with E-state index in [2.05, 4.69) is 36.8 Å². The van der Waals surface area contributed by atoms with Crippen molar-refractivity contribution in [1.29, 1.82) is 0 Å². The van der Waals surface area contributed by atoms with Gasteiger partial charge in [0.05, 0.1) is 12.3 Å². The van der Waals surface area contributed by atoms with Gasteiger partial charge in [0, 0.05) is 5.39 Å². The lowest BCUT2D eigenvalue weighted by Gasteiger charge is -2.11. The number of fused-ring (bicyclic) bond motifs is 1. The van der Waals surface area contributed by atoms with Crippen molar-refractivity contribution in [3.63, 3.8) is 0 Å². The van der Waals surface area contributed by atoms with Crippen molar-refractivity contribution in [2.75, 3.05) is 12.3 Å². The number of carbonyl (C=O) groups excluding carboxylic acids is 1. The van der Waals surface area contributed by atoms with Crippen molar-refractivity contribution >= 4 is 39.5 Å². The lowest BCUT2D eigenvalue weighted by molar-refractivity contribution is 0.0532. The molecule has 0 radical (unpaired) electrons. The van der Waals surface area contributed by atoms with Crippen molar-refractivity contribution in [1.82, 2.24) is 9.97 Å². The van der Waals surface area contributed by atoms with E-state index in [-0.39, 0.29) is 17.3 Å². The number of rotatable bonds is 3. The van der Waals surface area contributed by atoms with Crippen LogP contribution in [0.15, 0.2) is 12.1 Å². The number of anilines is 1. The van der Waals surface area contributed by atoms with Gasteiger partial charge in [-0.3, -0.25) is 0 Å². The summed E-state index contributed by atoms with van der Waals surface area (Å²) in [5, 5.41) is 0.817. The van der Waals surface area contributed by atoms with E-state index in [0.29, 0.717) is 16.3 Å². The molecule has 0 spiro atoms. The number of ether oxygens (including phenoxy) is 1. The van der Waals surface area contributed by atoms with Gasteiger partial charge in [0.25, 0.3) is 0 Å². The topological polar surface area (TPSA) is 78.1 Å². The molecule has 0 aliphatic heterocycles. The molecule has 2 rings (SSSR count). The van der Waals surface area contributed by atoms with Crippen LogP contribution in [0.4, 0.5) is 5.95 Å². The highest BCUT2D eigenvalue weighted by molar-refractivity contribution is 7.20. The van der Waals surface area contributed by atoms with E-state index in [1.807, 2.05) is 6.08 Å². The number of nitrogen functional groups attached to an aromatic ring is 1. The quantitative estimate of drug-likeness (QED) is 0.878. The molecular weight excluding hydrogens is 286 g/mol. The van der Waals surface area contributed by atoms with Gasteiger partial charge in [-0.1, -0.05) is 26.8 Å². The first-order valence-corrected chi connectivity index (χ1v) is 7.55. The van der Waals surface area contributed by atoms with E-state index in [0.717, 1.165) is 11.1 Å². The third-order valence-electron chi connectivity index (χ3n) is 2.66. The lowest BCUT2D eigenvalue weighted by Crippen LogP contribution is -2.01. The molecule has 0 atom stereocenters. The summed E-state index contributed by atoms with van der Waals surface area (Å²) < 4.78 is 5.02. The number of hydrogen-bond acceptors (Lipinski definition) is 6. The number of esters is 1. The third kappa shape index (κ3) is 3.78. The van der Waals surface area contributed by atoms with Crippen LogP contribution in [-0.4, -0.2) is 22.5 Å². The maximum atomic E-state index is 11.8. The van der Waals surface area contributed by atoms with E-state index < -0.39 is 0 Å². The Balaban J connectivity index is 2.50. The lowest BCUT2D eigenvalue weighted by atomic mass is 9.96. The fraction of sp³-hybridized carbons (Fsp3) is 0.400. The second-order valence-electron chi connectivity index (χ2n) is 5.72. The molecule has 0 aliphatic carbocycles. The maximum Gasteiger partial charge on any atom is 0.348 e. The van der Waals surface area contributed by atoms with Crippen LogP contribution in [0.25, 0.3) is 16.3 Å². The number of nitrogens with zero attached hydrogens (tertiary/aromatic N) is 2. The summed E-state index contributed by atoms with van der Waals surface area (Å²) in [6.45, 7) is 8.42. The van der Waals surface area contributed by atoms with E-state index in [1.165, 1.54) is 11.3 Å². The van der Waals surface area contributed by atoms with Gasteiger partial charge in [0.1, 0.15) is 9.71 Å². The Morgan fingerprint density at radius 3 is 2.76 bits per heavy atom. The Hall–Kier alpha value is -1.95. The zero-order chi connectivity index (χ0) is 15.6. The standard InChI is InChI=1S/C15H19N3O2S/c1-5-20-13(19)11-8-9-10(6-7-15(2,3)4)17-14(16)18-12(9)21-11/h6-8H,5H2,1-4H3,(H2,16,17,18). The minimum atomic E-state index is -0.343. The van der Waals surface area contributed by atoms with Gasteiger partial charge in [-0.25, -0.2) is 14.8 Å². The fourth-order valence-corrected chi connectivity index (χ4v) is 2.66.